The van der Waals surface area contributed by atoms with Gasteiger partial charge in [-0.2, -0.15) is 4.57 Å². The Labute approximate surface area is 874 Å². The third-order valence-electron chi connectivity index (χ3n) is 18.0. The van der Waals surface area contributed by atoms with E-state index < -0.39 is 0 Å². The summed E-state index contributed by atoms with van der Waals surface area (Å²) in [6, 6.07) is 97.9. The van der Waals surface area contributed by atoms with Crippen molar-refractivity contribution in [2.45, 2.75) is 117 Å². The summed E-state index contributed by atoms with van der Waals surface area (Å²) < 4.78 is 8.41. The molecule has 0 unspecified atom stereocenters. The van der Waals surface area contributed by atoms with Crippen LogP contribution in [0.5, 0.6) is 0 Å². The molecule has 16 aromatic rings. The molecule has 0 aliphatic carbocycles. The summed E-state index contributed by atoms with van der Waals surface area (Å²) in [4.78, 5) is 93.0. The molecule has 721 valence electrons. The normalized spacial score (nSPS) is 10.5. The Balaban J connectivity index is 0.000000524. The van der Waals surface area contributed by atoms with Crippen LogP contribution in [-0.4, -0.2) is 104 Å². The second-order valence-electron chi connectivity index (χ2n) is 29.8. The van der Waals surface area contributed by atoms with E-state index in [0.29, 0.717) is 0 Å². The van der Waals surface area contributed by atoms with E-state index in [4.69, 9.17) is 29.9 Å². The molecule has 0 saturated heterocycles. The number of para-hydroxylation sites is 1. The van der Waals surface area contributed by atoms with Crippen LogP contribution in [0.4, 0.5) is 0 Å². The second-order valence-corrected chi connectivity index (χ2v) is 29.8. The van der Waals surface area contributed by atoms with Crippen molar-refractivity contribution in [1.82, 2.24) is 49.8 Å². The number of rotatable bonds is 12. The molecular weight excluding hydrogens is 2620 g/mol. The van der Waals surface area contributed by atoms with Crippen LogP contribution in [0.3, 0.4) is 0 Å². The van der Waals surface area contributed by atoms with E-state index >= 15 is 0 Å². The number of ketones is 5. The molecule has 0 fully saturated rings. The number of aliphatic hydroxyl groups is 5. The first-order valence-electron chi connectivity index (χ1n) is 42.1. The van der Waals surface area contributed by atoms with Gasteiger partial charge in [0.25, 0.3) is 0 Å². The van der Waals surface area contributed by atoms with Crippen LogP contribution >= 0.6 is 0 Å². The van der Waals surface area contributed by atoms with E-state index in [9.17, 15) is 24.0 Å². The summed E-state index contributed by atoms with van der Waals surface area (Å²) in [5.41, 5.74) is 24.7. The summed E-state index contributed by atoms with van der Waals surface area (Å²) in [7, 11) is 0. The van der Waals surface area contributed by atoms with Gasteiger partial charge in [-0.05, 0) is 169 Å². The van der Waals surface area contributed by atoms with Crippen LogP contribution in [0, 0.1) is 71.9 Å². The standard InChI is InChI=1S/C18H15N2.C18H12NO.C16H11N2.C12H11N2.2C11H9N2.5C5H8O2.5Ir/c1-13-8-6-7-11-16(13)18-14(2)17(19-12-20-18)15-9-4-3-5-10-15;1-2-7-16-13(5-1)14-9-8-12-11-19-10-4-3-6-15(19)17(12)18(14)20-16;1-3-7-13(8-4-1)15-11-16(18-12-17-15)14-9-5-2-6-10-14;1-9-8-13-12(10(2)14-9)11-6-4-3-5-7-11;1-9-7-11(13-8-12-9)10-5-3-2-4-6-10;1-9-7-8-12-11(13-9)10-5-3-2-4-6-10;5*1-4(6)3-5(2)7;;;;;/h3-9,11-12H,1-2H3;1-10H,11H2;1-9,11-12H;3-6,8H,1-2H3;2*2-5,7-8H,1H3;5*3,6H,1-2H3;;;;;/q-1;+1;4*-1;;;;;;;;;;. The van der Waals surface area contributed by atoms with Crippen molar-refractivity contribution in [1.29, 1.82) is 0 Å². The maximum absolute atomic E-state index is 10.0. The molecule has 5 radical (unpaired) electrons. The first-order chi connectivity index (χ1) is 63.7. The Morgan fingerprint density at radius 2 is 0.790 bits per heavy atom. The fourth-order valence-electron chi connectivity index (χ4n) is 12.6. The number of furan rings is 1. The number of hydrogen-bond acceptors (Lipinski definition) is 21. The van der Waals surface area contributed by atoms with Crippen LogP contribution in [-0.2, 0) is 131 Å². The molecule has 0 atom stereocenters. The number of aryl methyl sites for hydroxylation is 5. The zero-order chi connectivity index (χ0) is 96.7. The van der Waals surface area contributed by atoms with Crippen LogP contribution < -0.4 is 4.57 Å². The number of allylic oxidation sites excluding steroid dienone is 10. The van der Waals surface area contributed by atoms with Gasteiger partial charge in [0.1, 0.15) is 30.1 Å². The molecule has 7 aromatic heterocycles. The molecule has 17 rings (SSSR count). The Kier molecular flexibility index (Phi) is 56.5. The van der Waals surface area contributed by atoms with Crippen molar-refractivity contribution in [3.63, 3.8) is 0 Å². The molecule has 138 heavy (non-hydrogen) atoms. The van der Waals surface area contributed by atoms with Gasteiger partial charge in [0.05, 0.1) is 57.3 Å². The van der Waals surface area contributed by atoms with E-state index in [0.717, 1.165) is 125 Å². The van der Waals surface area contributed by atoms with Crippen molar-refractivity contribution >= 4 is 50.9 Å². The van der Waals surface area contributed by atoms with E-state index in [1.165, 1.54) is 133 Å². The van der Waals surface area contributed by atoms with Crippen LogP contribution in [0.2, 0.25) is 0 Å². The van der Waals surface area contributed by atoms with Gasteiger partial charge in [-0.15, -0.1) is 179 Å². The fraction of sp³-hybridized carbons (Fsp3) is 0.153. The van der Waals surface area contributed by atoms with Gasteiger partial charge >= 0.3 is 0 Å². The van der Waals surface area contributed by atoms with E-state index in [2.05, 4.69) is 159 Å². The predicted octanol–water partition coefficient (Wildman–Crippen LogP) is 24.0. The number of carbonyl (C=O) groups is 5. The average Bonchev–Trinajstić information content (AvgIpc) is 1.58. The van der Waals surface area contributed by atoms with Gasteiger partial charge in [0.15, 0.2) is 41.7 Å². The Hall–Kier alpha value is -13.4. The topological polar surface area (TPSA) is 332 Å². The molecule has 9 aromatic carbocycles. The second kappa shape index (κ2) is 64.6. The number of carbonyl (C=O) groups excluding carboxylic acids is 5. The molecule has 8 heterocycles. The molecule has 22 nitrogen and oxygen atoms in total. The molecule has 1 aliphatic rings. The van der Waals surface area contributed by atoms with Crippen LogP contribution in [0.25, 0.3) is 112 Å². The van der Waals surface area contributed by atoms with Gasteiger partial charge in [0.2, 0.25) is 5.69 Å². The maximum Gasteiger partial charge on any atom is 0.217 e. The molecule has 1 aliphatic heterocycles. The van der Waals surface area contributed by atoms with Crippen LogP contribution in [0.1, 0.15) is 109 Å². The van der Waals surface area contributed by atoms with E-state index in [1.54, 1.807) is 31.4 Å². The summed E-state index contributed by atoms with van der Waals surface area (Å²) >= 11 is 0. The SMILES string of the molecule is CC(=O)C=C(C)O.CC(=O)C=C(C)O.CC(=O)C=C(C)O.CC(=O)C=C(C)O.CC(=O)C=C(C)O.Cc1cc(-c2[c-]cccc2)ncn1.Cc1ccccc1-c1ncnc(-c2[c-]cccc2)c1C.Cc1ccnc(-c2[c-]cccc2)n1.Cc1cnc(-c2[c-]cccc2)c(C)n1.[Ir].[Ir].[Ir].[Ir].[Ir].[c-]1ccccc1-c1cc(-c2ccccc2)ncn1.c1cc[n+]2c(c1)-c1c(ccc3c1oc1ccccc13)C2. The number of fused-ring (bicyclic) bond motifs is 7. The molecule has 5 N–H and O–H groups in total. The Bertz CT molecular complexity index is 6360. The minimum absolute atomic E-state index is 0. The molecular formula is C111H107Ir5N11O11-4. The number of hydrogen-bond donors (Lipinski definition) is 5. The smallest absolute Gasteiger partial charge is 0.217 e. The molecule has 0 spiro atoms. The third-order valence-corrected chi connectivity index (χ3v) is 18.0. The molecule has 27 heteroatoms. The molecule has 0 amide bonds. The summed E-state index contributed by atoms with van der Waals surface area (Å²) in [6.45, 7) is 27.2. The van der Waals surface area contributed by atoms with Gasteiger partial charge < -0.3 is 34.9 Å². The number of pyridine rings is 1. The minimum Gasteiger partial charge on any atom is -0.512 e. The van der Waals surface area contributed by atoms with Crippen molar-refractivity contribution < 1.29 is 159 Å². The first-order valence-corrected chi connectivity index (χ1v) is 42.1. The summed E-state index contributed by atoms with van der Waals surface area (Å²) in [5.74, 6) is 0.424. The minimum atomic E-state index is -0.125. The van der Waals surface area contributed by atoms with E-state index in [1.807, 2.05) is 222 Å². The first kappa shape index (κ1) is 121. The van der Waals surface area contributed by atoms with Gasteiger partial charge in [-0.1, -0.05) is 91.0 Å². The quantitative estimate of drug-likeness (QED) is 0.0328. The number of nitrogens with zero attached hydrogens (tertiary/aromatic N) is 11. The van der Waals surface area contributed by atoms with Crippen LogP contribution in [0.15, 0.2) is 350 Å². The number of aromatic nitrogens is 11. The fourth-order valence-corrected chi connectivity index (χ4v) is 12.6. The Morgan fingerprint density at radius 1 is 0.362 bits per heavy atom. The summed E-state index contributed by atoms with van der Waals surface area (Å²) in [5, 5.41) is 44.2. The molecule has 0 bridgehead atoms. The molecule has 0 saturated carbocycles. The summed E-state index contributed by atoms with van der Waals surface area (Å²) in [6.07, 6.45) is 16.3. The monoisotopic (exact) mass is 2730 g/mol. The van der Waals surface area contributed by atoms with Gasteiger partial charge in [-0.3, -0.25) is 53.9 Å². The number of benzene rings is 9. The van der Waals surface area contributed by atoms with Crippen molar-refractivity contribution in [3.05, 3.63) is 415 Å². The van der Waals surface area contributed by atoms with E-state index in [-0.39, 0.29) is 158 Å². The maximum atomic E-state index is 10.0. The number of aliphatic hydroxyl groups excluding tert-OH is 5. The Morgan fingerprint density at radius 3 is 1.25 bits per heavy atom. The van der Waals surface area contributed by atoms with Crippen molar-refractivity contribution in [2.75, 3.05) is 0 Å². The van der Waals surface area contributed by atoms with Crippen molar-refractivity contribution in [3.8, 4) is 90.2 Å². The predicted molar refractivity (Wildman–Crippen MR) is 525 cm³/mol. The average molecular weight is 2730 g/mol. The van der Waals surface area contributed by atoms with Gasteiger partial charge in [0, 0.05) is 200 Å². The third kappa shape index (κ3) is 42.9. The zero-order valence-corrected chi connectivity index (χ0v) is 91.0. The van der Waals surface area contributed by atoms with Gasteiger partial charge in [-0.25, -0.2) is 15.0 Å². The zero-order valence-electron chi connectivity index (χ0n) is 79.0. The largest absolute Gasteiger partial charge is 0.512 e. The van der Waals surface area contributed by atoms with Crippen molar-refractivity contribution in [2.24, 2.45) is 0 Å².